The number of carbonyl (C=O) groups is 2. The van der Waals surface area contributed by atoms with E-state index in [2.05, 4.69) is 20.6 Å². The summed E-state index contributed by atoms with van der Waals surface area (Å²) in [6, 6.07) is 10.4. The second-order valence-electron chi connectivity index (χ2n) is 11.1. The number of hydrogen-bond acceptors (Lipinski definition) is 8. The average molecular weight is 569 g/mol. The number of carbonyl (C=O) groups excluding carboxylic acids is 2. The molecule has 2 aromatic heterocycles. The van der Waals surface area contributed by atoms with Crippen molar-refractivity contribution >= 4 is 21.8 Å². The number of aromatic nitrogens is 2. The fourth-order valence-electron chi connectivity index (χ4n) is 4.59. The first-order valence-electron chi connectivity index (χ1n) is 13.3. The van der Waals surface area contributed by atoms with E-state index in [1.165, 1.54) is 0 Å². The van der Waals surface area contributed by atoms with Crippen LogP contribution in [0.5, 0.6) is 0 Å². The molecule has 2 amide bonds. The van der Waals surface area contributed by atoms with Crippen LogP contribution < -0.4 is 10.6 Å². The molecule has 2 N–H and O–H groups in total. The smallest absolute Gasteiger partial charge is 0.407 e. The predicted molar refractivity (Wildman–Crippen MR) is 150 cm³/mol. The van der Waals surface area contributed by atoms with Gasteiger partial charge in [-0.2, -0.15) is 0 Å². The zero-order chi connectivity index (χ0) is 28.9. The molecule has 0 radical (unpaired) electrons. The maximum absolute atomic E-state index is 13.2. The Morgan fingerprint density at radius 3 is 2.40 bits per heavy atom. The maximum atomic E-state index is 13.2. The summed E-state index contributed by atoms with van der Waals surface area (Å²) in [6.45, 7) is 7.46. The Balaban J connectivity index is 1.33. The monoisotopic (exact) mass is 568 g/mol. The molecule has 1 fully saturated rings. The van der Waals surface area contributed by atoms with E-state index in [9.17, 15) is 18.0 Å². The largest absolute Gasteiger partial charge is 0.444 e. The Labute approximate surface area is 234 Å². The third kappa shape index (κ3) is 7.91. The number of amides is 2. The van der Waals surface area contributed by atoms with Gasteiger partial charge >= 0.3 is 6.09 Å². The van der Waals surface area contributed by atoms with Crippen molar-refractivity contribution in [1.29, 1.82) is 0 Å². The molecule has 0 aliphatic heterocycles. The summed E-state index contributed by atoms with van der Waals surface area (Å²) in [7, 11) is -3.48. The minimum Gasteiger partial charge on any atom is -0.444 e. The van der Waals surface area contributed by atoms with Gasteiger partial charge in [0.15, 0.2) is 9.84 Å². The number of ether oxygens (including phenoxy) is 1. The number of sulfone groups is 1. The van der Waals surface area contributed by atoms with Gasteiger partial charge < -0.3 is 19.8 Å². The van der Waals surface area contributed by atoms with Crippen LogP contribution in [0.3, 0.4) is 0 Å². The van der Waals surface area contributed by atoms with E-state index >= 15 is 0 Å². The van der Waals surface area contributed by atoms with Gasteiger partial charge in [0.05, 0.1) is 16.7 Å². The predicted octanol–water partition coefficient (Wildman–Crippen LogP) is 4.73. The molecular weight excluding hydrogens is 532 g/mol. The van der Waals surface area contributed by atoms with E-state index in [0.717, 1.165) is 5.56 Å². The molecule has 1 aromatic carbocycles. The molecule has 3 aromatic rings. The molecule has 1 saturated carbocycles. The molecule has 0 bridgehead atoms. The lowest BCUT2D eigenvalue weighted by Crippen LogP contribution is -2.42. The van der Waals surface area contributed by atoms with Crippen LogP contribution in [0.2, 0.25) is 0 Å². The highest BCUT2D eigenvalue weighted by molar-refractivity contribution is 7.91. The maximum Gasteiger partial charge on any atom is 0.407 e. The highest BCUT2D eigenvalue weighted by Crippen LogP contribution is 2.29. The summed E-state index contributed by atoms with van der Waals surface area (Å²) in [6.07, 6.45) is 4.92. The minimum absolute atomic E-state index is 0.109. The molecule has 40 heavy (non-hydrogen) atoms. The van der Waals surface area contributed by atoms with Crippen LogP contribution in [0, 0.1) is 6.92 Å². The highest BCUT2D eigenvalue weighted by Gasteiger charge is 2.33. The molecule has 1 aliphatic rings. The van der Waals surface area contributed by atoms with Crippen LogP contribution in [-0.2, 0) is 26.9 Å². The molecule has 4 rings (SSSR count). The molecule has 0 atom stereocenters. The van der Waals surface area contributed by atoms with E-state index in [-0.39, 0.29) is 17.7 Å². The van der Waals surface area contributed by atoms with Gasteiger partial charge in [0, 0.05) is 36.1 Å². The number of pyridine rings is 1. The molecule has 0 spiro atoms. The Bertz CT molecular complexity index is 1420. The second kappa shape index (κ2) is 12.2. The number of benzene rings is 1. The van der Waals surface area contributed by atoms with E-state index in [4.69, 9.17) is 9.15 Å². The van der Waals surface area contributed by atoms with E-state index in [1.807, 2.05) is 12.1 Å². The van der Waals surface area contributed by atoms with Gasteiger partial charge in [0.1, 0.15) is 11.4 Å². The minimum atomic E-state index is -3.48. The number of aryl methyl sites for hydroxylation is 1. The molecular formula is C29H36N4O6S. The normalized spacial score (nSPS) is 17.7. The highest BCUT2D eigenvalue weighted by atomic mass is 32.2. The van der Waals surface area contributed by atoms with Crippen LogP contribution in [0.4, 0.5) is 4.79 Å². The standard InChI is InChI=1S/C29H36N4O6S/c1-19-25(18-40(36,37)24-13-11-23(12-14-24)32-28(35)39-29(2,3)4)33-27(38-19)22-9-7-21(8-10-22)26(34)31-17-20-6-5-15-30-16-20/h5-10,15-16,23-24H,11-14,17-18H2,1-4H3,(H,31,34)(H,32,35)/t23-,24-. The Hall–Kier alpha value is -3.73. The first-order chi connectivity index (χ1) is 18.9. The van der Waals surface area contributed by atoms with Crippen molar-refractivity contribution in [3.8, 4) is 11.5 Å². The average Bonchev–Trinajstić information content (AvgIpc) is 3.26. The second-order valence-corrected chi connectivity index (χ2v) is 13.4. The van der Waals surface area contributed by atoms with Crippen LogP contribution in [-0.4, -0.2) is 47.3 Å². The number of nitrogens with one attached hydrogen (secondary N) is 2. The summed E-state index contributed by atoms with van der Waals surface area (Å²) in [5.41, 5.74) is 1.81. The number of hydrogen-bond donors (Lipinski definition) is 2. The Morgan fingerprint density at radius 1 is 1.07 bits per heavy atom. The zero-order valence-corrected chi connectivity index (χ0v) is 24.1. The van der Waals surface area contributed by atoms with E-state index < -0.39 is 26.8 Å². The topological polar surface area (TPSA) is 140 Å². The molecule has 214 valence electrons. The number of rotatable bonds is 8. The molecule has 1 aliphatic carbocycles. The first kappa shape index (κ1) is 29.3. The van der Waals surface area contributed by atoms with E-state index in [1.54, 1.807) is 64.4 Å². The quantitative estimate of drug-likeness (QED) is 0.398. The van der Waals surface area contributed by atoms with Crippen molar-refractivity contribution in [1.82, 2.24) is 20.6 Å². The van der Waals surface area contributed by atoms with Crippen molar-refractivity contribution in [2.24, 2.45) is 0 Å². The number of nitrogens with zero attached hydrogens (tertiary/aromatic N) is 2. The molecule has 11 heteroatoms. The lowest BCUT2D eigenvalue weighted by atomic mass is 9.95. The number of oxazole rings is 1. The van der Waals surface area contributed by atoms with Crippen molar-refractivity contribution in [3.63, 3.8) is 0 Å². The van der Waals surface area contributed by atoms with Crippen molar-refractivity contribution in [2.75, 3.05) is 0 Å². The fourth-order valence-corrected chi connectivity index (χ4v) is 6.46. The molecule has 10 nitrogen and oxygen atoms in total. The Morgan fingerprint density at radius 2 is 1.77 bits per heavy atom. The van der Waals surface area contributed by atoms with Gasteiger partial charge in [-0.3, -0.25) is 9.78 Å². The van der Waals surface area contributed by atoms with Crippen molar-refractivity contribution in [2.45, 2.75) is 82.6 Å². The van der Waals surface area contributed by atoms with Gasteiger partial charge in [0.25, 0.3) is 5.91 Å². The molecule has 0 saturated heterocycles. The van der Waals surface area contributed by atoms with Crippen LogP contribution >= 0.6 is 0 Å². The van der Waals surface area contributed by atoms with Gasteiger partial charge in [-0.1, -0.05) is 6.07 Å². The van der Waals surface area contributed by atoms with Crippen molar-refractivity contribution in [3.05, 3.63) is 71.4 Å². The Kier molecular flexibility index (Phi) is 8.92. The van der Waals surface area contributed by atoms with Gasteiger partial charge in [0.2, 0.25) is 5.89 Å². The van der Waals surface area contributed by atoms with E-state index in [0.29, 0.717) is 60.7 Å². The molecule has 0 unspecified atom stereocenters. The SMILES string of the molecule is Cc1oc(-c2ccc(C(=O)NCc3cccnc3)cc2)nc1CS(=O)(=O)[C@H]1CC[C@H](NC(=O)OC(C)(C)C)CC1. The van der Waals surface area contributed by atoms with Crippen LogP contribution in [0.1, 0.15) is 73.8 Å². The summed E-state index contributed by atoms with van der Waals surface area (Å²) in [4.78, 5) is 33.0. The fraction of sp³-hybridized carbons (Fsp3) is 0.448. The molecule has 2 heterocycles. The third-order valence-electron chi connectivity index (χ3n) is 6.70. The lowest BCUT2D eigenvalue weighted by Gasteiger charge is -2.29. The summed E-state index contributed by atoms with van der Waals surface area (Å²) in [5, 5.41) is 5.19. The van der Waals surface area contributed by atoms with Crippen LogP contribution in [0.25, 0.3) is 11.5 Å². The van der Waals surface area contributed by atoms with Crippen molar-refractivity contribution < 1.29 is 27.2 Å². The summed E-state index contributed by atoms with van der Waals surface area (Å²) < 4.78 is 37.5. The van der Waals surface area contributed by atoms with Gasteiger partial charge in [-0.05, 0) is 89.3 Å². The van der Waals surface area contributed by atoms with Crippen LogP contribution in [0.15, 0.2) is 53.2 Å². The van der Waals surface area contributed by atoms with Gasteiger partial charge in [-0.15, -0.1) is 0 Å². The lowest BCUT2D eigenvalue weighted by molar-refractivity contribution is 0.0493. The van der Waals surface area contributed by atoms with Gasteiger partial charge in [-0.25, -0.2) is 18.2 Å². The summed E-state index contributed by atoms with van der Waals surface area (Å²) in [5.74, 6) is 0.306. The first-order valence-corrected chi connectivity index (χ1v) is 15.1. The third-order valence-corrected chi connectivity index (χ3v) is 8.87. The number of alkyl carbamates (subject to hydrolysis) is 1. The zero-order valence-electron chi connectivity index (χ0n) is 23.3. The summed E-state index contributed by atoms with van der Waals surface area (Å²) >= 11 is 0.